The maximum atomic E-state index is 6.30. The summed E-state index contributed by atoms with van der Waals surface area (Å²) in [6, 6.07) is 5.98. The lowest BCUT2D eigenvalue weighted by molar-refractivity contribution is 0.459. The molecule has 4 nitrogen and oxygen atoms in total. The highest BCUT2D eigenvalue weighted by molar-refractivity contribution is 9.11. The number of hydrogen-bond acceptors (Lipinski definition) is 3. The highest BCUT2D eigenvalue weighted by atomic mass is 79.9. The quantitative estimate of drug-likeness (QED) is 0.830. The van der Waals surface area contributed by atoms with Gasteiger partial charge in [-0.2, -0.15) is 5.10 Å². The summed E-state index contributed by atoms with van der Waals surface area (Å²) in [4.78, 5) is 4.33. The van der Waals surface area contributed by atoms with E-state index in [4.69, 9.17) is 5.73 Å². The number of hydrogen-bond donors (Lipinski definition) is 1. The Balaban J connectivity index is 2.15. The number of nitrogens with zero attached hydrogens (tertiary/aromatic N) is 3. The average Bonchev–Trinajstić information content (AvgIpc) is 2.74. The molecule has 1 atom stereocenters. The van der Waals surface area contributed by atoms with Crippen molar-refractivity contribution in [2.75, 3.05) is 0 Å². The number of benzene rings is 1. The van der Waals surface area contributed by atoms with E-state index >= 15 is 0 Å². The van der Waals surface area contributed by atoms with Crippen LogP contribution in [0.3, 0.4) is 0 Å². The molecule has 0 aliphatic heterocycles. The standard InChI is InChI=1S/C14H18Br2N4/c1-9(2)7-20-14(18-8-19-20)6-13(17)10-3-11(15)5-12(16)4-10/h3-5,8-9,13H,6-7,17H2,1-2H3. The van der Waals surface area contributed by atoms with Gasteiger partial charge in [0.15, 0.2) is 0 Å². The molecular formula is C14H18Br2N4. The van der Waals surface area contributed by atoms with Crippen molar-refractivity contribution >= 4 is 31.9 Å². The van der Waals surface area contributed by atoms with Crippen LogP contribution in [0.25, 0.3) is 0 Å². The Labute approximate surface area is 136 Å². The van der Waals surface area contributed by atoms with Crippen molar-refractivity contribution in [3.63, 3.8) is 0 Å². The molecular weight excluding hydrogens is 384 g/mol. The van der Waals surface area contributed by atoms with Crippen LogP contribution in [0.5, 0.6) is 0 Å². The molecule has 0 bridgehead atoms. The molecule has 108 valence electrons. The van der Waals surface area contributed by atoms with Crippen LogP contribution in [0.4, 0.5) is 0 Å². The molecule has 0 fully saturated rings. The van der Waals surface area contributed by atoms with E-state index in [1.807, 2.05) is 22.9 Å². The smallest absolute Gasteiger partial charge is 0.138 e. The van der Waals surface area contributed by atoms with Crippen LogP contribution < -0.4 is 5.73 Å². The fraction of sp³-hybridized carbons (Fsp3) is 0.429. The minimum atomic E-state index is -0.0982. The van der Waals surface area contributed by atoms with Crippen molar-refractivity contribution < 1.29 is 0 Å². The first-order valence-corrected chi connectivity index (χ1v) is 8.12. The first-order chi connectivity index (χ1) is 9.45. The summed E-state index contributed by atoms with van der Waals surface area (Å²) in [6.45, 7) is 5.19. The van der Waals surface area contributed by atoms with E-state index in [9.17, 15) is 0 Å². The van der Waals surface area contributed by atoms with Gasteiger partial charge in [0.2, 0.25) is 0 Å². The Bertz CT molecular complexity index is 560. The van der Waals surface area contributed by atoms with Crippen molar-refractivity contribution in [1.82, 2.24) is 14.8 Å². The minimum Gasteiger partial charge on any atom is -0.324 e. The number of rotatable bonds is 5. The molecule has 0 saturated carbocycles. The van der Waals surface area contributed by atoms with E-state index in [1.54, 1.807) is 6.33 Å². The van der Waals surface area contributed by atoms with Gasteiger partial charge in [0.05, 0.1) is 0 Å². The molecule has 1 aromatic heterocycles. The summed E-state index contributed by atoms with van der Waals surface area (Å²) in [5, 5.41) is 4.27. The monoisotopic (exact) mass is 400 g/mol. The summed E-state index contributed by atoms with van der Waals surface area (Å²) in [7, 11) is 0. The first kappa shape index (κ1) is 15.7. The van der Waals surface area contributed by atoms with Crippen LogP contribution in [-0.2, 0) is 13.0 Å². The van der Waals surface area contributed by atoms with Crippen LogP contribution in [0.1, 0.15) is 31.3 Å². The molecule has 0 aliphatic rings. The molecule has 2 aromatic rings. The summed E-state index contributed by atoms with van der Waals surface area (Å²) >= 11 is 6.98. The molecule has 0 amide bonds. The van der Waals surface area contributed by atoms with Gasteiger partial charge in [-0.05, 0) is 29.7 Å². The summed E-state index contributed by atoms with van der Waals surface area (Å²) in [5.41, 5.74) is 7.38. The third-order valence-electron chi connectivity index (χ3n) is 2.95. The van der Waals surface area contributed by atoms with E-state index in [0.29, 0.717) is 12.3 Å². The van der Waals surface area contributed by atoms with E-state index in [1.165, 1.54) is 0 Å². The molecule has 6 heteroatoms. The van der Waals surface area contributed by atoms with Crippen molar-refractivity contribution in [2.24, 2.45) is 11.7 Å². The molecule has 1 aromatic carbocycles. The Hall–Kier alpha value is -0.720. The van der Waals surface area contributed by atoms with Crippen LogP contribution in [-0.4, -0.2) is 14.8 Å². The minimum absolute atomic E-state index is 0.0982. The summed E-state index contributed by atoms with van der Waals surface area (Å²) in [6.07, 6.45) is 2.27. The fourth-order valence-electron chi connectivity index (χ4n) is 2.05. The second kappa shape index (κ2) is 6.83. The van der Waals surface area contributed by atoms with Gasteiger partial charge in [0.1, 0.15) is 12.2 Å². The van der Waals surface area contributed by atoms with Gasteiger partial charge in [-0.25, -0.2) is 9.67 Å². The maximum absolute atomic E-state index is 6.30. The van der Waals surface area contributed by atoms with E-state index in [-0.39, 0.29) is 6.04 Å². The average molecular weight is 402 g/mol. The maximum Gasteiger partial charge on any atom is 0.138 e. The van der Waals surface area contributed by atoms with Crippen LogP contribution in [0.2, 0.25) is 0 Å². The van der Waals surface area contributed by atoms with Gasteiger partial charge in [-0.1, -0.05) is 45.7 Å². The molecule has 1 heterocycles. The van der Waals surface area contributed by atoms with Crippen LogP contribution in [0, 0.1) is 5.92 Å². The van der Waals surface area contributed by atoms with E-state index in [2.05, 4.69) is 55.8 Å². The van der Waals surface area contributed by atoms with Gasteiger partial charge in [-0.3, -0.25) is 0 Å². The molecule has 0 spiro atoms. The lowest BCUT2D eigenvalue weighted by Crippen LogP contribution is -2.18. The lowest BCUT2D eigenvalue weighted by atomic mass is 10.0. The van der Waals surface area contributed by atoms with Gasteiger partial charge in [0, 0.05) is 28.0 Å². The summed E-state index contributed by atoms with van der Waals surface area (Å²) in [5.74, 6) is 1.47. The Morgan fingerprint density at radius 2 is 1.85 bits per heavy atom. The SMILES string of the molecule is CC(C)Cn1ncnc1CC(N)c1cc(Br)cc(Br)c1. The lowest BCUT2D eigenvalue weighted by Gasteiger charge is -2.14. The Morgan fingerprint density at radius 1 is 1.20 bits per heavy atom. The number of aromatic nitrogens is 3. The fourth-order valence-corrected chi connectivity index (χ4v) is 3.38. The number of halogens is 2. The Kier molecular flexibility index (Phi) is 5.35. The topological polar surface area (TPSA) is 56.7 Å². The zero-order valence-electron chi connectivity index (χ0n) is 11.6. The molecule has 0 aliphatic carbocycles. The van der Waals surface area contributed by atoms with Crippen LogP contribution >= 0.6 is 31.9 Å². The normalized spacial score (nSPS) is 12.9. The zero-order valence-corrected chi connectivity index (χ0v) is 14.7. The third-order valence-corrected chi connectivity index (χ3v) is 3.87. The van der Waals surface area contributed by atoms with Gasteiger partial charge in [0.25, 0.3) is 0 Å². The van der Waals surface area contributed by atoms with Crippen molar-refractivity contribution in [2.45, 2.75) is 32.9 Å². The van der Waals surface area contributed by atoms with Crippen LogP contribution in [0.15, 0.2) is 33.5 Å². The molecule has 0 radical (unpaired) electrons. The van der Waals surface area contributed by atoms with Gasteiger partial charge < -0.3 is 5.73 Å². The molecule has 0 saturated heterocycles. The van der Waals surface area contributed by atoms with E-state index in [0.717, 1.165) is 26.9 Å². The van der Waals surface area contributed by atoms with Gasteiger partial charge in [-0.15, -0.1) is 0 Å². The third kappa shape index (κ3) is 4.14. The van der Waals surface area contributed by atoms with Crippen molar-refractivity contribution in [1.29, 1.82) is 0 Å². The largest absolute Gasteiger partial charge is 0.324 e. The van der Waals surface area contributed by atoms with Gasteiger partial charge >= 0.3 is 0 Å². The first-order valence-electron chi connectivity index (χ1n) is 6.54. The van der Waals surface area contributed by atoms with Crippen molar-refractivity contribution in [3.05, 3.63) is 44.9 Å². The predicted octanol–water partition coefficient (Wildman–Crippen LogP) is 3.70. The second-order valence-electron chi connectivity index (χ2n) is 5.27. The molecule has 2 rings (SSSR count). The second-order valence-corrected chi connectivity index (χ2v) is 7.10. The Morgan fingerprint density at radius 3 is 2.45 bits per heavy atom. The molecule has 20 heavy (non-hydrogen) atoms. The highest BCUT2D eigenvalue weighted by Gasteiger charge is 2.13. The zero-order chi connectivity index (χ0) is 14.7. The predicted molar refractivity (Wildman–Crippen MR) is 87.3 cm³/mol. The van der Waals surface area contributed by atoms with E-state index < -0.39 is 0 Å². The summed E-state index contributed by atoms with van der Waals surface area (Å²) < 4.78 is 3.97. The highest BCUT2D eigenvalue weighted by Crippen LogP contribution is 2.24. The molecule has 2 N–H and O–H groups in total. The number of nitrogens with two attached hydrogens (primary N) is 1. The molecule has 1 unspecified atom stereocenters. The van der Waals surface area contributed by atoms with Crippen molar-refractivity contribution in [3.8, 4) is 0 Å².